The van der Waals surface area contributed by atoms with Gasteiger partial charge in [-0.2, -0.15) is 0 Å². The van der Waals surface area contributed by atoms with Crippen molar-refractivity contribution >= 4 is 56.3 Å². The summed E-state index contributed by atoms with van der Waals surface area (Å²) >= 11 is 16.3. The molecule has 100 valence electrons. The van der Waals surface area contributed by atoms with E-state index in [-0.39, 0.29) is 12.4 Å². The summed E-state index contributed by atoms with van der Waals surface area (Å²) in [6.45, 7) is 1.90. The minimum Gasteiger partial charge on any atom is -0.484 e. The van der Waals surface area contributed by atoms with Gasteiger partial charge in [-0.3, -0.25) is 4.79 Å². The summed E-state index contributed by atoms with van der Waals surface area (Å²) in [6.07, 6.45) is 0. The van der Waals surface area contributed by atoms with Crippen molar-refractivity contribution in [2.24, 2.45) is 0 Å². The van der Waals surface area contributed by atoms with E-state index in [4.69, 9.17) is 27.9 Å². The van der Waals surface area contributed by atoms with Crippen molar-refractivity contribution in [1.29, 1.82) is 0 Å². The SMILES string of the molecule is Cc1ccc(OCC(=O)c2cc(Cl)sc2Cl)c(Br)c1. The number of thiophene rings is 1. The normalized spacial score (nSPS) is 10.5. The van der Waals surface area contributed by atoms with Crippen molar-refractivity contribution in [3.05, 3.63) is 48.5 Å². The topological polar surface area (TPSA) is 26.3 Å². The lowest BCUT2D eigenvalue weighted by Crippen LogP contribution is -2.11. The minimum atomic E-state index is -0.194. The Morgan fingerprint density at radius 2 is 2.11 bits per heavy atom. The van der Waals surface area contributed by atoms with Crippen LogP contribution in [0.4, 0.5) is 0 Å². The lowest BCUT2D eigenvalue weighted by atomic mass is 10.2. The number of rotatable bonds is 4. The van der Waals surface area contributed by atoms with Gasteiger partial charge in [0.25, 0.3) is 0 Å². The Morgan fingerprint density at radius 3 is 2.68 bits per heavy atom. The molecule has 0 saturated carbocycles. The zero-order chi connectivity index (χ0) is 14.0. The van der Waals surface area contributed by atoms with E-state index in [0.29, 0.717) is 20.0 Å². The number of Topliss-reactive ketones (excluding diaryl/α,β-unsaturated/α-hetero) is 1. The fourth-order valence-corrected chi connectivity index (χ4v) is 3.58. The van der Waals surface area contributed by atoms with Crippen LogP contribution in [-0.4, -0.2) is 12.4 Å². The van der Waals surface area contributed by atoms with Gasteiger partial charge in [-0.1, -0.05) is 29.3 Å². The number of carbonyl (C=O) groups is 1. The lowest BCUT2D eigenvalue weighted by molar-refractivity contribution is 0.0921. The summed E-state index contributed by atoms with van der Waals surface area (Å²) in [5.41, 5.74) is 1.51. The number of hydrogen-bond acceptors (Lipinski definition) is 3. The van der Waals surface area contributed by atoms with Crippen molar-refractivity contribution in [2.75, 3.05) is 6.61 Å². The zero-order valence-electron chi connectivity index (χ0n) is 9.88. The third kappa shape index (κ3) is 3.72. The highest BCUT2D eigenvalue weighted by molar-refractivity contribution is 9.10. The molecule has 2 nitrogen and oxygen atoms in total. The second-order valence-electron chi connectivity index (χ2n) is 3.88. The molecule has 0 fully saturated rings. The van der Waals surface area contributed by atoms with Crippen LogP contribution in [0.1, 0.15) is 15.9 Å². The molecule has 0 aliphatic heterocycles. The molecule has 6 heteroatoms. The molecule has 0 saturated heterocycles. The molecule has 1 heterocycles. The summed E-state index contributed by atoms with van der Waals surface area (Å²) in [4.78, 5) is 12.0. The minimum absolute atomic E-state index is 0.0750. The fraction of sp³-hybridized carbons (Fsp3) is 0.154. The summed E-state index contributed by atoms with van der Waals surface area (Å²) in [5, 5.41) is 0. The monoisotopic (exact) mass is 378 g/mol. The third-order valence-electron chi connectivity index (χ3n) is 2.40. The molecule has 0 spiro atoms. The number of ketones is 1. The Morgan fingerprint density at radius 1 is 1.37 bits per heavy atom. The third-order valence-corrected chi connectivity index (χ3v) is 4.51. The van der Waals surface area contributed by atoms with Gasteiger partial charge in [0.15, 0.2) is 6.61 Å². The quantitative estimate of drug-likeness (QED) is 0.666. The Labute approximate surface area is 133 Å². The number of halogens is 3. The molecule has 0 amide bonds. The predicted molar refractivity (Wildman–Crippen MR) is 83.0 cm³/mol. The standard InChI is InChI=1S/C13H9BrCl2O2S/c1-7-2-3-11(9(14)4-7)18-6-10(17)8-5-12(15)19-13(8)16/h2-5H,6H2,1H3. The van der Waals surface area contributed by atoms with Crippen LogP contribution in [0, 0.1) is 6.92 Å². The summed E-state index contributed by atoms with van der Waals surface area (Å²) in [5.74, 6) is 0.428. The van der Waals surface area contributed by atoms with Crippen LogP contribution in [-0.2, 0) is 0 Å². The second-order valence-corrected chi connectivity index (χ2v) is 7.02. The van der Waals surface area contributed by atoms with Gasteiger partial charge in [-0.15, -0.1) is 11.3 Å². The number of aryl methyl sites for hydroxylation is 1. The number of ether oxygens (including phenoxy) is 1. The van der Waals surface area contributed by atoms with Crippen LogP contribution in [0.5, 0.6) is 5.75 Å². The second kappa shape index (κ2) is 6.27. The maximum absolute atomic E-state index is 12.0. The first-order valence-electron chi connectivity index (χ1n) is 5.34. The van der Waals surface area contributed by atoms with Crippen LogP contribution in [0.25, 0.3) is 0 Å². The Hall–Kier alpha value is -0.550. The van der Waals surface area contributed by atoms with Gasteiger partial charge in [0, 0.05) is 0 Å². The zero-order valence-corrected chi connectivity index (χ0v) is 13.8. The largest absolute Gasteiger partial charge is 0.484 e. The van der Waals surface area contributed by atoms with Crippen LogP contribution in [0.2, 0.25) is 8.67 Å². The molecule has 1 aromatic heterocycles. The van der Waals surface area contributed by atoms with Crippen molar-refractivity contribution in [2.45, 2.75) is 6.92 Å². The maximum Gasteiger partial charge on any atom is 0.202 e. The Balaban J connectivity index is 2.06. The average molecular weight is 380 g/mol. The maximum atomic E-state index is 12.0. The van der Waals surface area contributed by atoms with Gasteiger partial charge in [0.1, 0.15) is 10.1 Å². The van der Waals surface area contributed by atoms with E-state index in [2.05, 4.69) is 15.9 Å². The smallest absolute Gasteiger partial charge is 0.202 e. The summed E-state index contributed by atoms with van der Waals surface area (Å²) < 4.78 is 7.17. The molecule has 0 N–H and O–H groups in total. The van der Waals surface area contributed by atoms with Gasteiger partial charge in [0.2, 0.25) is 5.78 Å². The van der Waals surface area contributed by atoms with Crippen LogP contribution < -0.4 is 4.74 Å². The first-order valence-corrected chi connectivity index (χ1v) is 7.71. The Kier molecular flexibility index (Phi) is 4.90. The lowest BCUT2D eigenvalue weighted by Gasteiger charge is -2.07. The average Bonchev–Trinajstić information content (AvgIpc) is 2.67. The summed E-state index contributed by atoms with van der Waals surface area (Å²) in [7, 11) is 0. The molecule has 19 heavy (non-hydrogen) atoms. The molecular weight excluding hydrogens is 371 g/mol. The molecule has 0 radical (unpaired) electrons. The van der Waals surface area contributed by atoms with Crippen molar-refractivity contribution in [1.82, 2.24) is 0 Å². The molecule has 2 aromatic rings. The fourth-order valence-electron chi connectivity index (χ4n) is 1.47. The van der Waals surface area contributed by atoms with Crippen molar-refractivity contribution in [3.8, 4) is 5.75 Å². The molecular formula is C13H9BrCl2O2S. The van der Waals surface area contributed by atoms with E-state index in [1.807, 2.05) is 25.1 Å². The molecule has 1 aromatic carbocycles. The van der Waals surface area contributed by atoms with E-state index < -0.39 is 0 Å². The van der Waals surface area contributed by atoms with Crippen molar-refractivity contribution in [3.63, 3.8) is 0 Å². The van der Waals surface area contributed by atoms with Crippen LogP contribution >= 0.6 is 50.5 Å². The Bertz CT molecular complexity index is 625. The number of carbonyl (C=O) groups excluding carboxylic acids is 1. The van der Waals surface area contributed by atoms with Gasteiger partial charge in [-0.25, -0.2) is 0 Å². The highest BCUT2D eigenvalue weighted by Crippen LogP contribution is 2.32. The predicted octanol–water partition coefficient (Wildman–Crippen LogP) is 5.39. The summed E-state index contributed by atoms with van der Waals surface area (Å²) in [6, 6.07) is 7.21. The van der Waals surface area contributed by atoms with E-state index >= 15 is 0 Å². The number of benzene rings is 1. The van der Waals surface area contributed by atoms with Gasteiger partial charge in [0.05, 0.1) is 14.4 Å². The van der Waals surface area contributed by atoms with Crippen LogP contribution in [0.15, 0.2) is 28.7 Å². The molecule has 0 aliphatic rings. The first kappa shape index (κ1) is 14.9. The molecule has 0 atom stereocenters. The van der Waals surface area contributed by atoms with E-state index in [1.165, 1.54) is 11.3 Å². The highest BCUT2D eigenvalue weighted by Gasteiger charge is 2.15. The van der Waals surface area contributed by atoms with Gasteiger partial charge in [-0.05, 0) is 46.6 Å². The molecule has 2 rings (SSSR count). The molecule has 0 unspecified atom stereocenters. The van der Waals surface area contributed by atoms with Crippen LogP contribution in [0.3, 0.4) is 0 Å². The van der Waals surface area contributed by atoms with E-state index in [0.717, 1.165) is 10.0 Å². The van der Waals surface area contributed by atoms with E-state index in [1.54, 1.807) is 6.07 Å². The van der Waals surface area contributed by atoms with Crippen molar-refractivity contribution < 1.29 is 9.53 Å². The van der Waals surface area contributed by atoms with Gasteiger partial charge < -0.3 is 4.74 Å². The number of hydrogen-bond donors (Lipinski definition) is 0. The molecule has 0 aliphatic carbocycles. The molecule has 0 bridgehead atoms. The van der Waals surface area contributed by atoms with Gasteiger partial charge >= 0.3 is 0 Å². The first-order chi connectivity index (χ1) is 8.97. The highest BCUT2D eigenvalue weighted by atomic mass is 79.9. The van der Waals surface area contributed by atoms with E-state index in [9.17, 15) is 4.79 Å².